The molecule has 1 fully saturated rings. The molecule has 0 radical (unpaired) electrons. The first-order valence-corrected chi connectivity index (χ1v) is 12.2. The number of amides is 2. The van der Waals surface area contributed by atoms with Gasteiger partial charge in [0.15, 0.2) is 0 Å². The molecule has 28 heavy (non-hydrogen) atoms. The first-order chi connectivity index (χ1) is 13.6. The van der Waals surface area contributed by atoms with Gasteiger partial charge in [-0.25, -0.2) is 0 Å². The molecular formula is C24H46N2O2. The lowest BCUT2D eigenvalue weighted by molar-refractivity contribution is -0.136. The number of nitrogens with zero attached hydrogens (tertiary/aromatic N) is 1. The van der Waals surface area contributed by atoms with Gasteiger partial charge in [-0.1, -0.05) is 104 Å². The van der Waals surface area contributed by atoms with E-state index in [1.807, 2.05) is 0 Å². The van der Waals surface area contributed by atoms with Crippen molar-refractivity contribution in [1.82, 2.24) is 4.90 Å². The number of nitrogens with two attached hydrogens (primary N) is 1. The fourth-order valence-electron chi connectivity index (χ4n) is 4.44. The van der Waals surface area contributed by atoms with E-state index in [4.69, 9.17) is 5.73 Å². The predicted octanol–water partition coefficient (Wildman–Crippen LogP) is 5.97. The number of carbonyl (C=O) groups excluding carboxylic acids is 2. The van der Waals surface area contributed by atoms with E-state index in [-0.39, 0.29) is 17.9 Å². The van der Waals surface area contributed by atoms with Crippen molar-refractivity contribution in [2.24, 2.45) is 11.7 Å². The molecule has 2 amide bonds. The number of hydrogen-bond donors (Lipinski definition) is 1. The molecule has 0 aromatic heterocycles. The lowest BCUT2D eigenvalue weighted by Gasteiger charge is -2.25. The van der Waals surface area contributed by atoms with Gasteiger partial charge in [-0.15, -0.1) is 0 Å². The standard InChI is InChI=1S/C24H46N2O2/c1-3-5-7-9-10-11-12-13-14-16-18-22(24(25)28)26-20-21(19-23(26)27)17-15-8-6-4-2/h21-22H,3-20H2,1-2H3,(H2,25,28). The molecule has 1 aliphatic rings. The van der Waals surface area contributed by atoms with Crippen LogP contribution in [-0.2, 0) is 9.59 Å². The van der Waals surface area contributed by atoms with Gasteiger partial charge in [0.25, 0.3) is 0 Å². The number of rotatable bonds is 18. The van der Waals surface area contributed by atoms with Gasteiger partial charge in [-0.05, 0) is 18.8 Å². The lowest BCUT2D eigenvalue weighted by Crippen LogP contribution is -2.45. The normalized spacial score (nSPS) is 18.0. The average Bonchev–Trinajstić information content (AvgIpc) is 3.03. The van der Waals surface area contributed by atoms with Crippen LogP contribution in [0.5, 0.6) is 0 Å². The molecule has 0 spiro atoms. The zero-order chi connectivity index (χ0) is 20.6. The Morgan fingerprint density at radius 3 is 1.93 bits per heavy atom. The number of primary amides is 1. The third-order valence-electron chi connectivity index (χ3n) is 6.24. The van der Waals surface area contributed by atoms with Crippen molar-refractivity contribution in [3.63, 3.8) is 0 Å². The van der Waals surface area contributed by atoms with E-state index in [2.05, 4.69) is 13.8 Å². The van der Waals surface area contributed by atoms with Crippen molar-refractivity contribution in [3.05, 3.63) is 0 Å². The molecular weight excluding hydrogens is 348 g/mol. The molecule has 0 saturated carbocycles. The molecule has 2 unspecified atom stereocenters. The number of likely N-dealkylation sites (tertiary alicyclic amines) is 1. The van der Waals surface area contributed by atoms with E-state index in [1.165, 1.54) is 77.0 Å². The van der Waals surface area contributed by atoms with Crippen LogP contribution in [-0.4, -0.2) is 29.3 Å². The molecule has 1 rings (SSSR count). The largest absolute Gasteiger partial charge is 0.368 e. The Labute approximate surface area is 174 Å². The van der Waals surface area contributed by atoms with Crippen LogP contribution in [0.25, 0.3) is 0 Å². The van der Waals surface area contributed by atoms with Crippen LogP contribution in [0.3, 0.4) is 0 Å². The number of hydrogen-bond acceptors (Lipinski definition) is 2. The number of unbranched alkanes of at least 4 members (excludes halogenated alkanes) is 12. The summed E-state index contributed by atoms with van der Waals surface area (Å²) in [5.41, 5.74) is 5.65. The minimum Gasteiger partial charge on any atom is -0.368 e. The summed E-state index contributed by atoms with van der Waals surface area (Å²) in [6, 6.07) is -0.387. The van der Waals surface area contributed by atoms with E-state index in [1.54, 1.807) is 4.90 Å². The maximum absolute atomic E-state index is 12.4. The van der Waals surface area contributed by atoms with Crippen molar-refractivity contribution < 1.29 is 9.59 Å². The SMILES string of the molecule is CCCCCCCCCCCCC(C(N)=O)N1CC(CCCCCC)CC1=O. The van der Waals surface area contributed by atoms with Crippen LogP contribution in [0, 0.1) is 5.92 Å². The van der Waals surface area contributed by atoms with Gasteiger partial charge in [0, 0.05) is 13.0 Å². The Morgan fingerprint density at radius 1 is 0.893 bits per heavy atom. The molecule has 164 valence electrons. The second kappa shape index (κ2) is 15.8. The van der Waals surface area contributed by atoms with Gasteiger partial charge in [-0.3, -0.25) is 9.59 Å². The zero-order valence-corrected chi connectivity index (χ0v) is 18.7. The molecule has 0 aromatic rings. The van der Waals surface area contributed by atoms with Crippen molar-refractivity contribution in [3.8, 4) is 0 Å². The van der Waals surface area contributed by atoms with Crippen LogP contribution in [0.4, 0.5) is 0 Å². The first kappa shape index (κ1) is 25.0. The van der Waals surface area contributed by atoms with Gasteiger partial charge in [0.05, 0.1) is 0 Å². The van der Waals surface area contributed by atoms with E-state index >= 15 is 0 Å². The van der Waals surface area contributed by atoms with Gasteiger partial charge in [0.2, 0.25) is 11.8 Å². The van der Waals surface area contributed by atoms with Crippen molar-refractivity contribution in [2.75, 3.05) is 6.54 Å². The maximum atomic E-state index is 12.4. The second-order valence-corrected chi connectivity index (χ2v) is 8.85. The molecule has 0 aliphatic carbocycles. The highest BCUT2D eigenvalue weighted by Crippen LogP contribution is 2.27. The zero-order valence-electron chi connectivity index (χ0n) is 18.7. The summed E-state index contributed by atoms with van der Waals surface area (Å²) in [5.74, 6) is 0.228. The topological polar surface area (TPSA) is 63.4 Å². The molecule has 1 aliphatic heterocycles. The Hall–Kier alpha value is -1.06. The summed E-state index contributed by atoms with van der Waals surface area (Å²) >= 11 is 0. The third kappa shape index (κ3) is 10.5. The Balaban J connectivity index is 2.20. The van der Waals surface area contributed by atoms with Crippen molar-refractivity contribution in [2.45, 2.75) is 129 Å². The monoisotopic (exact) mass is 394 g/mol. The molecule has 4 nitrogen and oxygen atoms in total. The fourth-order valence-corrected chi connectivity index (χ4v) is 4.44. The minimum atomic E-state index is -0.387. The number of carbonyl (C=O) groups is 2. The summed E-state index contributed by atoms with van der Waals surface area (Å²) in [5, 5.41) is 0. The molecule has 4 heteroatoms. The highest BCUT2D eigenvalue weighted by Gasteiger charge is 2.36. The average molecular weight is 395 g/mol. The third-order valence-corrected chi connectivity index (χ3v) is 6.24. The van der Waals surface area contributed by atoms with Gasteiger partial charge >= 0.3 is 0 Å². The smallest absolute Gasteiger partial charge is 0.240 e. The highest BCUT2D eigenvalue weighted by atomic mass is 16.2. The van der Waals surface area contributed by atoms with Gasteiger partial charge < -0.3 is 10.6 Å². The van der Waals surface area contributed by atoms with Crippen LogP contribution >= 0.6 is 0 Å². The maximum Gasteiger partial charge on any atom is 0.240 e. The van der Waals surface area contributed by atoms with E-state index in [9.17, 15) is 9.59 Å². The Morgan fingerprint density at radius 2 is 1.39 bits per heavy atom. The Kier molecular flexibility index (Phi) is 14.1. The molecule has 0 bridgehead atoms. The van der Waals surface area contributed by atoms with Crippen LogP contribution in [0.2, 0.25) is 0 Å². The van der Waals surface area contributed by atoms with E-state index < -0.39 is 0 Å². The van der Waals surface area contributed by atoms with E-state index in [0.717, 1.165) is 32.2 Å². The van der Waals surface area contributed by atoms with Gasteiger partial charge in [0.1, 0.15) is 6.04 Å². The van der Waals surface area contributed by atoms with E-state index in [0.29, 0.717) is 12.3 Å². The molecule has 2 N–H and O–H groups in total. The van der Waals surface area contributed by atoms with Crippen LogP contribution in [0.1, 0.15) is 123 Å². The van der Waals surface area contributed by atoms with Gasteiger partial charge in [-0.2, -0.15) is 0 Å². The van der Waals surface area contributed by atoms with Crippen molar-refractivity contribution in [1.29, 1.82) is 0 Å². The predicted molar refractivity (Wildman–Crippen MR) is 118 cm³/mol. The fraction of sp³-hybridized carbons (Fsp3) is 0.917. The molecule has 2 atom stereocenters. The summed E-state index contributed by atoms with van der Waals surface area (Å²) in [6.45, 7) is 5.20. The minimum absolute atomic E-state index is 0.136. The van der Waals surface area contributed by atoms with Crippen LogP contribution in [0.15, 0.2) is 0 Å². The summed E-state index contributed by atoms with van der Waals surface area (Å²) in [6.07, 6.45) is 20.1. The summed E-state index contributed by atoms with van der Waals surface area (Å²) in [4.78, 5) is 26.2. The molecule has 1 heterocycles. The molecule has 1 saturated heterocycles. The lowest BCUT2D eigenvalue weighted by atomic mass is 10.00. The quantitative estimate of drug-likeness (QED) is 0.291. The first-order valence-electron chi connectivity index (χ1n) is 12.2. The molecule has 0 aromatic carbocycles. The Bertz CT molecular complexity index is 425. The van der Waals surface area contributed by atoms with Crippen molar-refractivity contribution >= 4 is 11.8 Å². The highest BCUT2D eigenvalue weighted by molar-refractivity contribution is 5.87. The second-order valence-electron chi connectivity index (χ2n) is 8.85. The van der Waals surface area contributed by atoms with Crippen LogP contribution < -0.4 is 5.73 Å². The summed E-state index contributed by atoms with van der Waals surface area (Å²) < 4.78 is 0. The summed E-state index contributed by atoms with van der Waals surface area (Å²) in [7, 11) is 0.